The van der Waals surface area contributed by atoms with E-state index < -0.39 is 0 Å². The Bertz CT molecular complexity index is 1000. The van der Waals surface area contributed by atoms with Crippen LogP contribution < -0.4 is 4.90 Å². The molecule has 3 aromatic rings. The lowest BCUT2D eigenvalue weighted by Crippen LogP contribution is -2.32. The molecule has 4 rings (SSSR count). The second kappa shape index (κ2) is 6.92. The lowest BCUT2D eigenvalue weighted by Gasteiger charge is -2.31. The number of aryl methyl sites for hydroxylation is 2. The number of nitrogens with zero attached hydrogens (tertiary/aromatic N) is 6. The summed E-state index contributed by atoms with van der Waals surface area (Å²) in [5.41, 5.74) is 5.15. The highest BCUT2D eigenvalue weighted by atomic mass is 15.4. The lowest BCUT2D eigenvalue weighted by atomic mass is 10.1. The number of fused-ring (bicyclic) bond motifs is 1. The Morgan fingerprint density at radius 1 is 1.22 bits per heavy atom. The Morgan fingerprint density at radius 2 is 2.07 bits per heavy atom. The molecule has 0 saturated carbocycles. The summed E-state index contributed by atoms with van der Waals surface area (Å²) < 4.78 is 4.19. The standard InChI is InChI=1S/C21H24N6/c1-15(2)27-19(8-9-23-27)20-16(3)24-26-11-5-10-25(21(20)26)14-18-7-4-6-17(12-18)13-22/h4,6-9,12,15H,5,10-11,14H2,1-3H3. The largest absolute Gasteiger partial charge is 0.352 e. The van der Waals surface area contributed by atoms with Crippen LogP contribution in [0.25, 0.3) is 11.3 Å². The van der Waals surface area contributed by atoms with Gasteiger partial charge in [-0.2, -0.15) is 15.5 Å². The van der Waals surface area contributed by atoms with Gasteiger partial charge < -0.3 is 4.90 Å². The Morgan fingerprint density at radius 3 is 2.85 bits per heavy atom. The normalized spacial score (nSPS) is 13.7. The molecular weight excluding hydrogens is 336 g/mol. The minimum Gasteiger partial charge on any atom is -0.352 e. The lowest BCUT2D eigenvalue weighted by molar-refractivity contribution is 0.513. The van der Waals surface area contributed by atoms with Crippen LogP contribution in [0.4, 0.5) is 5.82 Å². The molecule has 0 fully saturated rings. The van der Waals surface area contributed by atoms with Gasteiger partial charge >= 0.3 is 0 Å². The summed E-state index contributed by atoms with van der Waals surface area (Å²) in [5, 5.41) is 18.5. The first-order valence-electron chi connectivity index (χ1n) is 9.43. The fourth-order valence-corrected chi connectivity index (χ4v) is 3.90. The predicted octanol–water partition coefficient (Wildman–Crippen LogP) is 3.92. The third-order valence-corrected chi connectivity index (χ3v) is 5.04. The van der Waals surface area contributed by atoms with Gasteiger partial charge in [0.25, 0.3) is 0 Å². The number of benzene rings is 1. The monoisotopic (exact) mass is 360 g/mol. The van der Waals surface area contributed by atoms with E-state index in [1.165, 1.54) is 0 Å². The molecular formula is C21H24N6. The maximum absolute atomic E-state index is 9.19. The zero-order chi connectivity index (χ0) is 19.0. The molecule has 1 aliphatic heterocycles. The van der Waals surface area contributed by atoms with Gasteiger partial charge in [-0.3, -0.25) is 4.68 Å². The smallest absolute Gasteiger partial charge is 0.136 e. The SMILES string of the molecule is Cc1nn2c(c1-c1ccnn1C(C)C)N(Cc1cccc(C#N)c1)CCC2. The Kier molecular flexibility index (Phi) is 4.44. The minimum atomic E-state index is 0.286. The molecule has 0 aliphatic carbocycles. The zero-order valence-electron chi connectivity index (χ0n) is 16.1. The van der Waals surface area contributed by atoms with Crippen molar-refractivity contribution in [1.82, 2.24) is 19.6 Å². The van der Waals surface area contributed by atoms with Crippen LogP contribution in [0.3, 0.4) is 0 Å². The topological polar surface area (TPSA) is 62.7 Å². The van der Waals surface area contributed by atoms with Crippen LogP contribution >= 0.6 is 0 Å². The maximum Gasteiger partial charge on any atom is 0.136 e. The first kappa shape index (κ1) is 17.3. The van der Waals surface area contributed by atoms with Crippen molar-refractivity contribution in [2.75, 3.05) is 11.4 Å². The second-order valence-electron chi connectivity index (χ2n) is 7.35. The van der Waals surface area contributed by atoms with E-state index in [1.807, 2.05) is 24.4 Å². The van der Waals surface area contributed by atoms with Crippen LogP contribution in [0.1, 0.15) is 43.1 Å². The van der Waals surface area contributed by atoms with Crippen molar-refractivity contribution < 1.29 is 0 Å². The predicted molar refractivity (Wildman–Crippen MR) is 105 cm³/mol. The van der Waals surface area contributed by atoms with E-state index in [2.05, 4.69) is 58.3 Å². The number of nitriles is 1. The average molecular weight is 360 g/mol. The van der Waals surface area contributed by atoms with Crippen molar-refractivity contribution in [3.63, 3.8) is 0 Å². The molecule has 1 aromatic carbocycles. The summed E-state index contributed by atoms with van der Waals surface area (Å²) in [4.78, 5) is 2.38. The van der Waals surface area contributed by atoms with Gasteiger partial charge in [-0.1, -0.05) is 12.1 Å². The van der Waals surface area contributed by atoms with E-state index >= 15 is 0 Å². The number of anilines is 1. The fourth-order valence-electron chi connectivity index (χ4n) is 3.90. The highest BCUT2D eigenvalue weighted by Crippen LogP contribution is 2.37. The molecule has 3 heterocycles. The summed E-state index contributed by atoms with van der Waals surface area (Å²) in [5.74, 6) is 1.16. The molecule has 0 radical (unpaired) electrons. The van der Waals surface area contributed by atoms with Crippen LogP contribution in [0.5, 0.6) is 0 Å². The van der Waals surface area contributed by atoms with Crippen LogP contribution in [-0.4, -0.2) is 26.1 Å². The molecule has 138 valence electrons. The van der Waals surface area contributed by atoms with Crippen LogP contribution in [0.2, 0.25) is 0 Å². The summed E-state index contributed by atoms with van der Waals surface area (Å²) >= 11 is 0. The Balaban J connectivity index is 1.78. The van der Waals surface area contributed by atoms with E-state index in [9.17, 15) is 5.26 Å². The molecule has 0 amide bonds. The summed E-state index contributed by atoms with van der Waals surface area (Å²) in [6.07, 6.45) is 2.93. The van der Waals surface area contributed by atoms with Crippen molar-refractivity contribution in [1.29, 1.82) is 5.26 Å². The molecule has 0 atom stereocenters. The second-order valence-corrected chi connectivity index (χ2v) is 7.35. The summed E-state index contributed by atoms with van der Waals surface area (Å²) in [7, 11) is 0. The van der Waals surface area contributed by atoms with Gasteiger partial charge in [-0.15, -0.1) is 0 Å². The van der Waals surface area contributed by atoms with Gasteiger partial charge in [0.15, 0.2) is 0 Å². The number of rotatable bonds is 4. The molecule has 2 aromatic heterocycles. The Hall–Kier alpha value is -3.07. The molecule has 1 aliphatic rings. The molecule has 0 N–H and O–H groups in total. The third-order valence-electron chi connectivity index (χ3n) is 5.04. The van der Waals surface area contributed by atoms with E-state index in [0.29, 0.717) is 5.56 Å². The van der Waals surface area contributed by atoms with Crippen molar-refractivity contribution in [3.8, 4) is 17.3 Å². The zero-order valence-corrected chi connectivity index (χ0v) is 16.1. The van der Waals surface area contributed by atoms with Crippen molar-refractivity contribution in [2.45, 2.75) is 46.3 Å². The van der Waals surface area contributed by atoms with E-state index in [1.54, 1.807) is 0 Å². The minimum absolute atomic E-state index is 0.286. The van der Waals surface area contributed by atoms with Crippen molar-refractivity contribution in [2.24, 2.45) is 0 Å². The highest BCUT2D eigenvalue weighted by Gasteiger charge is 2.27. The van der Waals surface area contributed by atoms with E-state index in [4.69, 9.17) is 5.10 Å². The van der Waals surface area contributed by atoms with Gasteiger partial charge in [0.2, 0.25) is 0 Å². The summed E-state index contributed by atoms with van der Waals surface area (Å²) in [6.45, 7) is 9.04. The molecule has 6 heteroatoms. The first-order chi connectivity index (χ1) is 13.1. The first-order valence-corrected chi connectivity index (χ1v) is 9.43. The third kappa shape index (κ3) is 3.10. The Labute approximate surface area is 159 Å². The van der Waals surface area contributed by atoms with Gasteiger partial charge in [-0.05, 0) is 51.0 Å². The molecule has 6 nitrogen and oxygen atoms in total. The van der Waals surface area contributed by atoms with Gasteiger partial charge in [0.1, 0.15) is 5.82 Å². The van der Waals surface area contributed by atoms with E-state index in [0.717, 1.165) is 54.4 Å². The average Bonchev–Trinajstić information content (AvgIpc) is 3.25. The van der Waals surface area contributed by atoms with Gasteiger partial charge in [0.05, 0.1) is 28.6 Å². The molecule has 27 heavy (non-hydrogen) atoms. The van der Waals surface area contributed by atoms with Crippen molar-refractivity contribution >= 4 is 5.82 Å². The van der Waals surface area contributed by atoms with Gasteiger partial charge in [0, 0.05) is 31.9 Å². The molecule has 0 spiro atoms. The number of hydrogen-bond donors (Lipinski definition) is 0. The molecule has 0 saturated heterocycles. The molecule has 0 bridgehead atoms. The maximum atomic E-state index is 9.19. The number of aromatic nitrogens is 4. The molecule has 0 unspecified atom stereocenters. The summed E-state index contributed by atoms with van der Waals surface area (Å²) in [6, 6.07) is 12.5. The van der Waals surface area contributed by atoms with Crippen molar-refractivity contribution in [3.05, 3.63) is 53.3 Å². The van der Waals surface area contributed by atoms with Crippen LogP contribution in [-0.2, 0) is 13.1 Å². The van der Waals surface area contributed by atoms with Gasteiger partial charge in [-0.25, -0.2) is 4.68 Å². The highest BCUT2D eigenvalue weighted by molar-refractivity contribution is 5.77. The fraction of sp³-hybridized carbons (Fsp3) is 0.381. The quantitative estimate of drug-likeness (QED) is 0.707. The number of hydrogen-bond acceptors (Lipinski definition) is 4. The van der Waals surface area contributed by atoms with E-state index in [-0.39, 0.29) is 6.04 Å². The van der Waals surface area contributed by atoms with Crippen LogP contribution in [0, 0.1) is 18.3 Å². The van der Waals surface area contributed by atoms with Crippen LogP contribution in [0.15, 0.2) is 36.5 Å².